The molecule has 0 radical (unpaired) electrons. The maximum absolute atomic E-state index is 3.70. The molecule has 106 valence electrons. The van der Waals surface area contributed by atoms with E-state index in [0.717, 1.165) is 12.8 Å². The van der Waals surface area contributed by atoms with E-state index in [1.54, 1.807) is 0 Å². The molecule has 0 heterocycles. The first-order valence-corrected chi connectivity index (χ1v) is 7.58. The Morgan fingerprint density at radius 3 is 1.90 bits per heavy atom. The Labute approximate surface area is 123 Å². The average Bonchev–Trinajstić information content (AvgIpc) is 2.47. The molecule has 0 bridgehead atoms. The first-order chi connectivity index (χ1) is 9.74. The highest BCUT2D eigenvalue weighted by Crippen LogP contribution is 2.07. The molecule has 2 atom stereocenters. The van der Waals surface area contributed by atoms with Gasteiger partial charge >= 0.3 is 0 Å². The summed E-state index contributed by atoms with van der Waals surface area (Å²) in [6, 6.07) is 22.5. The molecule has 0 aromatic heterocycles. The monoisotopic (exact) mass is 267 g/mol. The van der Waals surface area contributed by atoms with E-state index in [2.05, 4.69) is 79.8 Å². The van der Waals surface area contributed by atoms with E-state index in [1.165, 1.54) is 17.5 Å². The molecule has 2 aromatic rings. The van der Waals surface area contributed by atoms with Gasteiger partial charge in [-0.05, 0) is 44.2 Å². The van der Waals surface area contributed by atoms with Gasteiger partial charge in [-0.1, -0.05) is 60.7 Å². The molecule has 0 saturated carbocycles. The van der Waals surface area contributed by atoms with Gasteiger partial charge in [-0.25, -0.2) is 0 Å². The van der Waals surface area contributed by atoms with Crippen LogP contribution in [-0.4, -0.2) is 12.1 Å². The molecule has 0 spiro atoms. The maximum Gasteiger partial charge on any atom is 0.00816 e. The standard InChI is InChI=1S/C19H25N/c1-16(13-14-18-9-5-3-6-10-18)20-17(2)15-19-11-7-4-8-12-19/h3-12,16-17,20H,13-15H2,1-2H3/t16-,17+/m0/s1. The van der Waals surface area contributed by atoms with Gasteiger partial charge in [0.25, 0.3) is 0 Å². The Kier molecular flexibility index (Phi) is 5.82. The number of nitrogens with one attached hydrogen (secondary N) is 1. The molecular weight excluding hydrogens is 242 g/mol. The van der Waals surface area contributed by atoms with Crippen LogP contribution in [0.3, 0.4) is 0 Å². The fourth-order valence-corrected chi connectivity index (χ4v) is 2.62. The summed E-state index contributed by atoms with van der Waals surface area (Å²) >= 11 is 0. The summed E-state index contributed by atoms with van der Waals surface area (Å²) in [6.45, 7) is 4.55. The Morgan fingerprint density at radius 2 is 1.30 bits per heavy atom. The van der Waals surface area contributed by atoms with Crippen LogP contribution in [0.1, 0.15) is 31.4 Å². The number of hydrogen-bond donors (Lipinski definition) is 1. The van der Waals surface area contributed by atoms with Crippen molar-refractivity contribution in [2.24, 2.45) is 0 Å². The second kappa shape index (κ2) is 7.86. The van der Waals surface area contributed by atoms with E-state index in [-0.39, 0.29) is 0 Å². The number of benzene rings is 2. The van der Waals surface area contributed by atoms with E-state index in [0.29, 0.717) is 12.1 Å². The first-order valence-electron chi connectivity index (χ1n) is 7.58. The van der Waals surface area contributed by atoms with Gasteiger partial charge in [0, 0.05) is 12.1 Å². The smallest absolute Gasteiger partial charge is 0.00816 e. The van der Waals surface area contributed by atoms with Crippen molar-refractivity contribution in [1.29, 1.82) is 0 Å². The Bertz CT molecular complexity index is 478. The Balaban J connectivity index is 1.72. The van der Waals surface area contributed by atoms with E-state index in [1.807, 2.05) is 0 Å². The zero-order chi connectivity index (χ0) is 14.2. The van der Waals surface area contributed by atoms with Crippen LogP contribution in [0.5, 0.6) is 0 Å². The SMILES string of the molecule is C[C@H](Cc1ccccc1)N[C@@H](C)CCc1ccccc1. The van der Waals surface area contributed by atoms with Crippen molar-refractivity contribution in [3.63, 3.8) is 0 Å². The molecule has 0 aliphatic rings. The van der Waals surface area contributed by atoms with Gasteiger partial charge < -0.3 is 5.32 Å². The number of rotatable bonds is 7. The second-order valence-electron chi connectivity index (χ2n) is 5.68. The lowest BCUT2D eigenvalue weighted by Gasteiger charge is -2.20. The second-order valence-corrected chi connectivity index (χ2v) is 5.68. The van der Waals surface area contributed by atoms with E-state index in [4.69, 9.17) is 0 Å². The van der Waals surface area contributed by atoms with Gasteiger partial charge in [0.2, 0.25) is 0 Å². The van der Waals surface area contributed by atoms with Crippen LogP contribution in [-0.2, 0) is 12.8 Å². The van der Waals surface area contributed by atoms with E-state index < -0.39 is 0 Å². The molecule has 1 nitrogen and oxygen atoms in total. The fraction of sp³-hybridized carbons (Fsp3) is 0.368. The lowest BCUT2D eigenvalue weighted by atomic mass is 10.0. The first kappa shape index (κ1) is 14.8. The predicted octanol–water partition coefficient (Wildman–Crippen LogP) is 4.23. The van der Waals surface area contributed by atoms with Crippen LogP contribution < -0.4 is 5.32 Å². The van der Waals surface area contributed by atoms with Gasteiger partial charge in [0.15, 0.2) is 0 Å². The minimum atomic E-state index is 0.517. The molecule has 2 aromatic carbocycles. The minimum absolute atomic E-state index is 0.517. The molecule has 0 saturated heterocycles. The normalized spacial score (nSPS) is 13.9. The van der Waals surface area contributed by atoms with E-state index >= 15 is 0 Å². The molecule has 0 unspecified atom stereocenters. The third kappa shape index (κ3) is 5.18. The lowest BCUT2D eigenvalue weighted by Crippen LogP contribution is -2.36. The van der Waals surface area contributed by atoms with Gasteiger partial charge in [-0.3, -0.25) is 0 Å². The lowest BCUT2D eigenvalue weighted by molar-refractivity contribution is 0.444. The van der Waals surface area contributed by atoms with Crippen molar-refractivity contribution in [2.45, 2.75) is 45.2 Å². The van der Waals surface area contributed by atoms with Crippen LogP contribution in [0.25, 0.3) is 0 Å². The third-order valence-electron chi connectivity index (χ3n) is 3.66. The summed E-state index contributed by atoms with van der Waals surface area (Å²) in [5, 5.41) is 3.70. The highest BCUT2D eigenvalue weighted by atomic mass is 14.9. The van der Waals surface area contributed by atoms with Gasteiger partial charge in [0.1, 0.15) is 0 Å². The van der Waals surface area contributed by atoms with Crippen molar-refractivity contribution in [2.75, 3.05) is 0 Å². The minimum Gasteiger partial charge on any atom is -0.311 e. The summed E-state index contributed by atoms with van der Waals surface area (Å²) in [5.41, 5.74) is 2.83. The van der Waals surface area contributed by atoms with Gasteiger partial charge in [-0.15, -0.1) is 0 Å². The summed E-state index contributed by atoms with van der Waals surface area (Å²) < 4.78 is 0. The van der Waals surface area contributed by atoms with E-state index in [9.17, 15) is 0 Å². The van der Waals surface area contributed by atoms with Crippen LogP contribution >= 0.6 is 0 Å². The average molecular weight is 267 g/mol. The quantitative estimate of drug-likeness (QED) is 0.791. The van der Waals surface area contributed by atoms with Crippen LogP contribution in [0.2, 0.25) is 0 Å². The molecule has 20 heavy (non-hydrogen) atoms. The highest BCUT2D eigenvalue weighted by Gasteiger charge is 2.08. The molecule has 1 N–H and O–H groups in total. The van der Waals surface area contributed by atoms with Gasteiger partial charge in [-0.2, -0.15) is 0 Å². The van der Waals surface area contributed by atoms with Crippen LogP contribution in [0, 0.1) is 0 Å². The van der Waals surface area contributed by atoms with Crippen molar-refractivity contribution in [1.82, 2.24) is 5.32 Å². The molecular formula is C19H25N. The molecule has 0 fully saturated rings. The van der Waals surface area contributed by atoms with Crippen molar-refractivity contribution < 1.29 is 0 Å². The summed E-state index contributed by atoms with van der Waals surface area (Å²) in [7, 11) is 0. The molecule has 1 heteroatoms. The summed E-state index contributed by atoms with van der Waals surface area (Å²) in [6.07, 6.45) is 3.42. The molecule has 0 aliphatic heterocycles. The number of hydrogen-bond acceptors (Lipinski definition) is 1. The predicted molar refractivity (Wildman–Crippen MR) is 87.0 cm³/mol. The van der Waals surface area contributed by atoms with Crippen LogP contribution in [0.4, 0.5) is 0 Å². The largest absolute Gasteiger partial charge is 0.311 e. The van der Waals surface area contributed by atoms with Crippen molar-refractivity contribution in [3.05, 3.63) is 71.8 Å². The fourth-order valence-electron chi connectivity index (χ4n) is 2.62. The highest BCUT2D eigenvalue weighted by molar-refractivity contribution is 5.16. The Morgan fingerprint density at radius 1 is 0.750 bits per heavy atom. The van der Waals surface area contributed by atoms with Crippen molar-refractivity contribution in [3.8, 4) is 0 Å². The third-order valence-corrected chi connectivity index (χ3v) is 3.66. The summed E-state index contributed by atoms with van der Waals surface area (Å²) in [4.78, 5) is 0. The number of aryl methyl sites for hydroxylation is 1. The van der Waals surface area contributed by atoms with Crippen LogP contribution in [0.15, 0.2) is 60.7 Å². The molecule has 0 aliphatic carbocycles. The molecule has 0 amide bonds. The summed E-state index contributed by atoms with van der Waals surface area (Å²) in [5.74, 6) is 0. The maximum atomic E-state index is 3.70. The topological polar surface area (TPSA) is 12.0 Å². The zero-order valence-corrected chi connectivity index (χ0v) is 12.5. The Hall–Kier alpha value is -1.60. The van der Waals surface area contributed by atoms with Crippen molar-refractivity contribution >= 4 is 0 Å². The van der Waals surface area contributed by atoms with Gasteiger partial charge in [0.05, 0.1) is 0 Å². The zero-order valence-electron chi connectivity index (χ0n) is 12.5. The molecule has 2 rings (SSSR count).